The van der Waals surface area contributed by atoms with E-state index in [1.54, 1.807) is 47.5 Å². The predicted molar refractivity (Wildman–Crippen MR) is 89.6 cm³/mol. The van der Waals surface area contributed by atoms with E-state index in [-0.39, 0.29) is 12.5 Å². The molecule has 3 rings (SSSR count). The zero-order valence-corrected chi connectivity index (χ0v) is 13.3. The average molecular weight is 327 g/mol. The Hall–Kier alpha value is -2.59. The number of aromatic nitrogens is 1. The molecule has 0 N–H and O–H groups in total. The number of carbonyl (C=O) groups excluding carboxylic acids is 1. The zero-order chi connectivity index (χ0) is 16.2. The van der Waals surface area contributed by atoms with E-state index in [2.05, 4.69) is 4.98 Å². The molecule has 5 heteroatoms. The molecule has 0 bridgehead atoms. The molecule has 4 nitrogen and oxygen atoms in total. The molecule has 0 unspecified atom stereocenters. The van der Waals surface area contributed by atoms with Gasteiger partial charge in [0.25, 0.3) is 5.91 Å². The number of amides is 1. The van der Waals surface area contributed by atoms with Crippen LogP contribution in [0.1, 0.15) is 21.9 Å². The molecule has 2 heterocycles. The van der Waals surface area contributed by atoms with Crippen LogP contribution in [0, 0.1) is 6.92 Å². The van der Waals surface area contributed by atoms with Gasteiger partial charge in [-0.3, -0.25) is 9.69 Å². The van der Waals surface area contributed by atoms with E-state index >= 15 is 0 Å². The van der Waals surface area contributed by atoms with E-state index in [1.165, 1.54) is 0 Å². The van der Waals surface area contributed by atoms with Gasteiger partial charge in [0, 0.05) is 6.20 Å². The van der Waals surface area contributed by atoms with Gasteiger partial charge in [-0.1, -0.05) is 29.8 Å². The molecule has 0 aliphatic rings. The molecule has 0 fully saturated rings. The summed E-state index contributed by atoms with van der Waals surface area (Å²) in [7, 11) is 0. The first-order valence-corrected chi connectivity index (χ1v) is 7.55. The van der Waals surface area contributed by atoms with E-state index in [9.17, 15) is 4.79 Å². The minimum Gasteiger partial charge on any atom is -0.464 e. The Labute approximate surface area is 139 Å². The summed E-state index contributed by atoms with van der Waals surface area (Å²) in [4.78, 5) is 18.8. The van der Waals surface area contributed by atoms with Gasteiger partial charge in [0.15, 0.2) is 0 Å². The highest BCUT2D eigenvalue weighted by atomic mass is 35.5. The van der Waals surface area contributed by atoms with Crippen molar-refractivity contribution in [2.45, 2.75) is 13.5 Å². The summed E-state index contributed by atoms with van der Waals surface area (Å²) in [5.74, 6) is 1.81. The fraction of sp³-hybridized carbons (Fsp3) is 0.111. The zero-order valence-electron chi connectivity index (χ0n) is 12.6. The minimum atomic E-state index is -0.219. The number of aryl methyl sites for hydroxylation is 1. The van der Waals surface area contributed by atoms with Gasteiger partial charge in [0.1, 0.15) is 17.3 Å². The van der Waals surface area contributed by atoms with Gasteiger partial charge in [-0.2, -0.15) is 0 Å². The average Bonchev–Trinajstić information content (AvgIpc) is 2.98. The Morgan fingerprint density at radius 1 is 1.13 bits per heavy atom. The van der Waals surface area contributed by atoms with Crippen LogP contribution >= 0.6 is 11.6 Å². The van der Waals surface area contributed by atoms with Crippen molar-refractivity contribution in [3.05, 3.63) is 82.9 Å². The number of hydrogen-bond acceptors (Lipinski definition) is 3. The Kier molecular flexibility index (Phi) is 4.44. The minimum absolute atomic E-state index is 0.219. The molecule has 0 radical (unpaired) electrons. The molecular formula is C18H15ClN2O2. The van der Waals surface area contributed by atoms with Crippen molar-refractivity contribution in [3.8, 4) is 0 Å². The first-order valence-electron chi connectivity index (χ1n) is 7.18. The van der Waals surface area contributed by atoms with Crippen molar-refractivity contribution < 1.29 is 9.21 Å². The highest BCUT2D eigenvalue weighted by molar-refractivity contribution is 6.34. The van der Waals surface area contributed by atoms with Crippen LogP contribution in [0.5, 0.6) is 0 Å². The maximum Gasteiger partial charge on any atom is 0.261 e. The van der Waals surface area contributed by atoms with Crippen molar-refractivity contribution in [1.82, 2.24) is 4.98 Å². The first-order chi connectivity index (χ1) is 11.1. The second-order valence-corrected chi connectivity index (χ2v) is 5.48. The summed E-state index contributed by atoms with van der Waals surface area (Å²) in [6.45, 7) is 2.15. The lowest BCUT2D eigenvalue weighted by molar-refractivity contribution is 0.0982. The number of anilines is 1. The third-order valence-corrected chi connectivity index (χ3v) is 3.71. The lowest BCUT2D eigenvalue weighted by Gasteiger charge is -2.21. The van der Waals surface area contributed by atoms with Crippen molar-refractivity contribution >= 4 is 23.3 Å². The van der Waals surface area contributed by atoms with Crippen LogP contribution in [0.15, 0.2) is 65.2 Å². The standard InChI is InChI=1S/C18H15ClN2O2/c1-13-9-10-14(23-13)12-21(17-8-4-5-11-20-17)18(22)15-6-2-3-7-16(15)19/h2-11H,12H2,1H3. The number of nitrogens with zero attached hydrogens (tertiary/aromatic N) is 2. The van der Waals surface area contributed by atoms with Crippen LogP contribution in [-0.2, 0) is 6.54 Å². The molecule has 116 valence electrons. The smallest absolute Gasteiger partial charge is 0.261 e. The van der Waals surface area contributed by atoms with Gasteiger partial charge < -0.3 is 4.42 Å². The van der Waals surface area contributed by atoms with Crippen molar-refractivity contribution in [1.29, 1.82) is 0 Å². The number of furan rings is 1. The summed E-state index contributed by atoms with van der Waals surface area (Å²) in [5, 5.41) is 0.411. The van der Waals surface area contributed by atoms with Crippen LogP contribution in [0.2, 0.25) is 5.02 Å². The topological polar surface area (TPSA) is 46.3 Å². The maximum atomic E-state index is 12.9. The normalized spacial score (nSPS) is 10.5. The molecule has 0 aliphatic heterocycles. The SMILES string of the molecule is Cc1ccc(CN(C(=O)c2ccccc2Cl)c2ccccn2)o1. The Morgan fingerprint density at radius 2 is 1.91 bits per heavy atom. The third-order valence-electron chi connectivity index (χ3n) is 3.39. The maximum absolute atomic E-state index is 12.9. The highest BCUT2D eigenvalue weighted by Crippen LogP contribution is 2.22. The highest BCUT2D eigenvalue weighted by Gasteiger charge is 2.22. The Balaban J connectivity index is 1.98. The fourth-order valence-electron chi connectivity index (χ4n) is 2.28. The van der Waals surface area contributed by atoms with E-state index in [0.29, 0.717) is 22.2 Å². The fourth-order valence-corrected chi connectivity index (χ4v) is 2.49. The molecule has 0 aliphatic carbocycles. The quantitative estimate of drug-likeness (QED) is 0.710. The van der Waals surface area contributed by atoms with Crippen LogP contribution in [0.4, 0.5) is 5.82 Å². The second-order valence-electron chi connectivity index (χ2n) is 5.07. The number of pyridine rings is 1. The Morgan fingerprint density at radius 3 is 2.57 bits per heavy atom. The third kappa shape index (κ3) is 3.43. The lowest BCUT2D eigenvalue weighted by Crippen LogP contribution is -2.31. The van der Waals surface area contributed by atoms with Gasteiger partial charge >= 0.3 is 0 Å². The largest absolute Gasteiger partial charge is 0.464 e. The number of carbonyl (C=O) groups is 1. The van der Waals surface area contributed by atoms with Gasteiger partial charge in [0.2, 0.25) is 0 Å². The van der Waals surface area contributed by atoms with Gasteiger partial charge in [-0.05, 0) is 43.3 Å². The molecule has 2 aromatic heterocycles. The van der Waals surface area contributed by atoms with Gasteiger partial charge in [-0.15, -0.1) is 0 Å². The van der Waals surface area contributed by atoms with E-state index in [0.717, 1.165) is 5.76 Å². The summed E-state index contributed by atoms with van der Waals surface area (Å²) in [6, 6.07) is 16.1. The molecule has 0 atom stereocenters. The van der Waals surface area contributed by atoms with Crippen LogP contribution < -0.4 is 4.90 Å². The van der Waals surface area contributed by atoms with Gasteiger partial charge in [0.05, 0.1) is 17.1 Å². The molecule has 1 aromatic carbocycles. The molecule has 0 saturated heterocycles. The molecule has 1 amide bonds. The number of halogens is 1. The summed E-state index contributed by atoms with van der Waals surface area (Å²) in [6.07, 6.45) is 1.65. The van der Waals surface area contributed by atoms with E-state index < -0.39 is 0 Å². The molecule has 23 heavy (non-hydrogen) atoms. The number of benzene rings is 1. The molecule has 0 saturated carbocycles. The summed E-state index contributed by atoms with van der Waals surface area (Å²) >= 11 is 6.17. The molecular weight excluding hydrogens is 312 g/mol. The van der Waals surface area contributed by atoms with Crippen LogP contribution in [0.25, 0.3) is 0 Å². The van der Waals surface area contributed by atoms with Crippen molar-refractivity contribution in [3.63, 3.8) is 0 Å². The second kappa shape index (κ2) is 6.67. The number of rotatable bonds is 4. The lowest BCUT2D eigenvalue weighted by atomic mass is 10.2. The first kappa shape index (κ1) is 15.3. The summed E-state index contributed by atoms with van der Waals surface area (Å²) in [5.41, 5.74) is 0.433. The van der Waals surface area contributed by atoms with Crippen molar-refractivity contribution in [2.24, 2.45) is 0 Å². The van der Waals surface area contributed by atoms with Crippen LogP contribution in [0.3, 0.4) is 0 Å². The van der Waals surface area contributed by atoms with Crippen molar-refractivity contribution in [2.75, 3.05) is 4.90 Å². The Bertz CT molecular complexity index is 815. The molecule has 0 spiro atoms. The number of hydrogen-bond donors (Lipinski definition) is 0. The van der Waals surface area contributed by atoms with Crippen LogP contribution in [-0.4, -0.2) is 10.9 Å². The van der Waals surface area contributed by atoms with E-state index in [1.807, 2.05) is 25.1 Å². The predicted octanol–water partition coefficient (Wildman–Crippen LogP) is 4.48. The monoisotopic (exact) mass is 326 g/mol. The molecule has 3 aromatic rings. The summed E-state index contributed by atoms with van der Waals surface area (Å²) < 4.78 is 5.60. The van der Waals surface area contributed by atoms with E-state index in [4.69, 9.17) is 16.0 Å². The van der Waals surface area contributed by atoms with Gasteiger partial charge in [-0.25, -0.2) is 4.98 Å².